The van der Waals surface area contributed by atoms with Gasteiger partial charge in [-0.05, 0) is 136 Å². The number of halogens is 2. The van der Waals surface area contributed by atoms with Crippen LogP contribution in [-0.4, -0.2) is 59.0 Å². The molecule has 2 saturated heterocycles. The molecule has 4 aromatic carbocycles. The smallest absolute Gasteiger partial charge is 0.259 e. The van der Waals surface area contributed by atoms with Gasteiger partial charge in [-0.15, -0.1) is 0 Å². The lowest BCUT2D eigenvalue weighted by atomic mass is 9.80. The number of hydrogen-bond acceptors (Lipinski definition) is 6. The number of aryl methyl sites for hydroxylation is 2. The van der Waals surface area contributed by atoms with Crippen molar-refractivity contribution >= 4 is 92.4 Å². The van der Waals surface area contributed by atoms with Crippen molar-refractivity contribution in [2.24, 2.45) is 0 Å². The molecule has 12 nitrogen and oxygen atoms in total. The molecule has 2 saturated carbocycles. The van der Waals surface area contributed by atoms with Crippen molar-refractivity contribution in [3.8, 4) is 0 Å². The summed E-state index contributed by atoms with van der Waals surface area (Å²) in [6.45, 7) is 26.2. The lowest BCUT2D eigenvalue weighted by Crippen LogP contribution is -2.51. The molecule has 0 atom stereocenters. The summed E-state index contributed by atoms with van der Waals surface area (Å²) in [5.41, 5.74) is 2.74. The van der Waals surface area contributed by atoms with Gasteiger partial charge >= 0.3 is 0 Å². The molecular formula is C52H58F2N8O4S2. The third-order valence-corrected chi connectivity index (χ3v) is 13.4. The average molecular weight is 961 g/mol. The first kappa shape index (κ1) is 52.4. The second-order valence-electron chi connectivity index (χ2n) is 16.4. The van der Waals surface area contributed by atoms with E-state index in [4.69, 9.17) is 37.6 Å². The molecule has 2 N–H and O–H groups in total. The molecule has 4 aromatic rings. The number of benzene rings is 4. The zero-order valence-electron chi connectivity index (χ0n) is 39.9. The Hall–Kier alpha value is -6.62. The predicted octanol–water partition coefficient (Wildman–Crippen LogP) is 11.8. The van der Waals surface area contributed by atoms with Crippen molar-refractivity contribution in [1.29, 1.82) is 0 Å². The maximum Gasteiger partial charge on any atom is 0.259 e. The van der Waals surface area contributed by atoms with Crippen LogP contribution in [0.15, 0.2) is 72.8 Å². The molecule has 4 amide bonds. The van der Waals surface area contributed by atoms with E-state index in [0.717, 1.165) is 49.7 Å². The first-order chi connectivity index (χ1) is 32.7. The molecule has 0 bridgehead atoms. The van der Waals surface area contributed by atoms with E-state index in [2.05, 4.69) is 20.3 Å². The zero-order chi connectivity index (χ0) is 50.1. The molecule has 2 heterocycles. The van der Waals surface area contributed by atoms with Crippen molar-refractivity contribution in [2.45, 2.75) is 117 Å². The SMILES string of the molecule is CC.CC.[C-]#[N+]c1ccc(N2C(=O)C3(CCCCC3)N(c3ccc(C(=O)NC)c(F)c3)C2=S)cc1C.[C-]#[N+]c1ccc(N2C(=O)C3(CCCCC3)N(c3ccc(C(=O)NC)c(F)c3)C2=S)cc1C. The highest BCUT2D eigenvalue weighted by atomic mass is 32.1. The largest absolute Gasteiger partial charge is 0.355 e. The van der Waals surface area contributed by atoms with E-state index in [0.29, 0.717) is 59.8 Å². The Kier molecular flexibility index (Phi) is 17.3. The van der Waals surface area contributed by atoms with E-state index in [-0.39, 0.29) is 33.2 Å². The lowest BCUT2D eigenvalue weighted by molar-refractivity contribution is -0.123. The van der Waals surface area contributed by atoms with Crippen LogP contribution in [0.1, 0.15) is 124 Å². The Morgan fingerprint density at radius 2 is 0.882 bits per heavy atom. The van der Waals surface area contributed by atoms with Gasteiger partial charge in [-0.2, -0.15) is 0 Å². The number of hydrogen-bond donors (Lipinski definition) is 2. The van der Waals surface area contributed by atoms with Crippen molar-refractivity contribution in [2.75, 3.05) is 33.7 Å². The molecule has 16 heteroatoms. The van der Waals surface area contributed by atoms with Crippen molar-refractivity contribution < 1.29 is 28.0 Å². The van der Waals surface area contributed by atoms with Crippen LogP contribution in [0.5, 0.6) is 0 Å². The number of carbonyl (C=O) groups is 4. The van der Waals surface area contributed by atoms with Crippen molar-refractivity contribution in [3.63, 3.8) is 0 Å². The molecule has 4 aliphatic rings. The fraction of sp³-hybridized carbons (Fsp3) is 0.385. The van der Waals surface area contributed by atoms with Gasteiger partial charge < -0.3 is 20.4 Å². The van der Waals surface area contributed by atoms with Crippen LogP contribution < -0.4 is 30.2 Å². The Balaban J connectivity index is 0.000000237. The standard InChI is InChI=1S/2C24H23FN4O2S.2C2H6/c2*1-15-13-16(8-10-20(15)26-2)28-22(31)24(11-5-4-6-12-24)29(23(28)32)17-7-9-18(19(25)14-17)21(30)27-3;2*1-2/h2*7-10,13-14H,4-6,11-12H2,1,3H3,(H,27,30);2*1-2H3. The number of nitrogens with one attached hydrogen (secondary N) is 2. The molecule has 2 spiro atoms. The number of nitrogens with zero attached hydrogens (tertiary/aromatic N) is 6. The Labute approximate surface area is 409 Å². The Morgan fingerprint density at radius 3 is 1.16 bits per heavy atom. The fourth-order valence-electron chi connectivity index (χ4n) is 9.40. The van der Waals surface area contributed by atoms with Gasteiger partial charge in [-0.1, -0.05) is 78.4 Å². The second-order valence-corrected chi connectivity index (χ2v) is 17.1. The Morgan fingerprint density at radius 1 is 0.559 bits per heavy atom. The first-order valence-corrected chi connectivity index (χ1v) is 23.9. The van der Waals surface area contributed by atoms with Gasteiger partial charge in [0.05, 0.1) is 24.3 Å². The maximum absolute atomic E-state index is 14.8. The number of amides is 4. The summed E-state index contributed by atoms with van der Waals surface area (Å²) < 4.78 is 29.6. The molecule has 8 rings (SSSR count). The van der Waals surface area contributed by atoms with Crippen molar-refractivity contribution in [1.82, 2.24) is 10.6 Å². The van der Waals surface area contributed by atoms with Gasteiger partial charge in [-0.3, -0.25) is 29.0 Å². The van der Waals surface area contributed by atoms with Gasteiger partial charge in [0, 0.05) is 36.8 Å². The highest BCUT2D eigenvalue weighted by Crippen LogP contribution is 2.47. The van der Waals surface area contributed by atoms with Gasteiger partial charge in [-0.25, -0.2) is 18.5 Å². The first-order valence-electron chi connectivity index (χ1n) is 23.0. The average Bonchev–Trinajstić information content (AvgIpc) is 3.69. The number of thiocarbonyl (C=S) groups is 2. The molecule has 2 aliphatic heterocycles. The molecule has 0 aromatic heterocycles. The van der Waals surface area contributed by atoms with Gasteiger partial charge in [0.1, 0.15) is 22.7 Å². The van der Waals surface area contributed by atoms with E-state index < -0.39 is 34.5 Å². The van der Waals surface area contributed by atoms with E-state index in [1.165, 1.54) is 48.2 Å². The minimum absolute atomic E-state index is 0.0624. The quantitative estimate of drug-likeness (QED) is 0.145. The molecule has 0 unspecified atom stereocenters. The predicted molar refractivity (Wildman–Crippen MR) is 274 cm³/mol. The number of anilines is 4. The monoisotopic (exact) mass is 960 g/mol. The summed E-state index contributed by atoms with van der Waals surface area (Å²) >= 11 is 11.6. The van der Waals surface area contributed by atoms with Gasteiger partial charge in [0.2, 0.25) is 0 Å². The topological polar surface area (TPSA) is 114 Å². The van der Waals surface area contributed by atoms with E-state index in [9.17, 15) is 28.0 Å². The summed E-state index contributed by atoms with van der Waals surface area (Å²) in [6.07, 6.45) is 7.97. The summed E-state index contributed by atoms with van der Waals surface area (Å²) in [5.74, 6) is -2.63. The third kappa shape index (κ3) is 9.58. The van der Waals surface area contributed by atoms with Crippen LogP contribution >= 0.6 is 24.4 Å². The molecular weight excluding hydrogens is 903 g/mol. The van der Waals surface area contributed by atoms with Crippen LogP contribution in [0.25, 0.3) is 9.69 Å². The Bertz CT molecular complexity index is 2520. The van der Waals surface area contributed by atoms with Crippen molar-refractivity contribution in [3.05, 3.63) is 130 Å². The zero-order valence-corrected chi connectivity index (χ0v) is 41.5. The van der Waals surface area contributed by atoms with Crippen LogP contribution in [0, 0.1) is 38.6 Å². The van der Waals surface area contributed by atoms with Crippen LogP contribution in [0.4, 0.5) is 42.9 Å². The van der Waals surface area contributed by atoms with E-state index in [1.807, 2.05) is 41.5 Å². The molecule has 356 valence electrons. The highest BCUT2D eigenvalue weighted by Gasteiger charge is 2.58. The summed E-state index contributed by atoms with van der Waals surface area (Å²) in [6, 6.07) is 19.0. The minimum Gasteiger partial charge on any atom is -0.355 e. The van der Waals surface area contributed by atoms with Gasteiger partial charge in [0.25, 0.3) is 23.6 Å². The highest BCUT2D eigenvalue weighted by molar-refractivity contribution is 7.81. The molecule has 68 heavy (non-hydrogen) atoms. The van der Waals surface area contributed by atoms with E-state index in [1.54, 1.807) is 58.3 Å². The summed E-state index contributed by atoms with van der Waals surface area (Å²) in [7, 11) is 2.89. The third-order valence-electron chi connectivity index (χ3n) is 12.7. The second kappa shape index (κ2) is 22.5. The van der Waals surface area contributed by atoms with Crippen LogP contribution in [-0.2, 0) is 9.59 Å². The number of carbonyl (C=O) groups excluding carboxylic acids is 4. The summed E-state index contributed by atoms with van der Waals surface area (Å²) in [4.78, 5) is 65.0. The lowest BCUT2D eigenvalue weighted by Gasteiger charge is -2.39. The maximum atomic E-state index is 14.8. The van der Waals surface area contributed by atoms with Crippen LogP contribution in [0.3, 0.4) is 0 Å². The molecule has 2 aliphatic carbocycles. The van der Waals surface area contributed by atoms with Crippen LogP contribution in [0.2, 0.25) is 0 Å². The molecule has 0 radical (unpaired) electrons. The van der Waals surface area contributed by atoms with E-state index >= 15 is 0 Å². The number of rotatable bonds is 6. The normalized spacial score (nSPS) is 16.7. The summed E-state index contributed by atoms with van der Waals surface area (Å²) in [5, 5.41) is 5.40. The minimum atomic E-state index is -0.886. The molecule has 4 fully saturated rings. The van der Waals surface area contributed by atoms with Gasteiger partial charge in [0.15, 0.2) is 21.6 Å². The fourth-order valence-corrected chi connectivity index (χ4v) is 10.3.